The van der Waals surface area contributed by atoms with E-state index in [0.717, 1.165) is 47.7 Å². The molecule has 0 saturated heterocycles. The van der Waals surface area contributed by atoms with Gasteiger partial charge in [0.05, 0.1) is 27.7 Å². The van der Waals surface area contributed by atoms with Crippen molar-refractivity contribution < 1.29 is 10.2 Å². The Morgan fingerprint density at radius 2 is 1.63 bits per heavy atom. The van der Waals surface area contributed by atoms with Gasteiger partial charge in [0.15, 0.2) is 0 Å². The molecule has 0 bridgehead atoms. The first-order chi connectivity index (χ1) is 18.2. The molecule has 0 spiro atoms. The lowest BCUT2D eigenvalue weighted by Gasteiger charge is -2.49. The zero-order valence-electron chi connectivity index (χ0n) is 20.8. The Morgan fingerprint density at radius 3 is 2.32 bits per heavy atom. The number of thiazole rings is 2. The van der Waals surface area contributed by atoms with Crippen LogP contribution in [-0.2, 0) is 12.1 Å². The van der Waals surface area contributed by atoms with Crippen molar-refractivity contribution in [3.05, 3.63) is 84.2 Å². The summed E-state index contributed by atoms with van der Waals surface area (Å²) in [5.41, 5.74) is 16.6. The van der Waals surface area contributed by atoms with Gasteiger partial charge in [0, 0.05) is 34.6 Å². The van der Waals surface area contributed by atoms with Gasteiger partial charge in [-0.2, -0.15) is 0 Å². The van der Waals surface area contributed by atoms with Gasteiger partial charge in [0.2, 0.25) is 0 Å². The number of rotatable bonds is 6. The highest BCUT2D eigenvalue weighted by Gasteiger charge is 2.49. The number of aromatic nitrogens is 3. The van der Waals surface area contributed by atoms with Gasteiger partial charge in [-0.05, 0) is 37.0 Å². The summed E-state index contributed by atoms with van der Waals surface area (Å²) in [6.07, 6.45) is 4.60. The molecular formula is C29H27N5O2S2. The van der Waals surface area contributed by atoms with Crippen LogP contribution < -0.4 is 11.5 Å². The highest BCUT2D eigenvalue weighted by Crippen LogP contribution is 2.47. The van der Waals surface area contributed by atoms with Gasteiger partial charge in [-0.1, -0.05) is 54.6 Å². The summed E-state index contributed by atoms with van der Waals surface area (Å²) in [5.74, 6) is 0.319. The Kier molecular flexibility index (Phi) is 6.13. The van der Waals surface area contributed by atoms with Crippen LogP contribution in [0.2, 0.25) is 0 Å². The average Bonchev–Trinajstić information content (AvgIpc) is 3.56. The molecule has 9 heteroatoms. The van der Waals surface area contributed by atoms with E-state index in [4.69, 9.17) is 16.5 Å². The zero-order chi connectivity index (χ0) is 26.5. The standard InChI is InChI=1S/C29H27N5O2S2/c1-28(36)15-29(31,16-28)21-9-7-17(8-10-21)23-24(18-5-3-2-4-6-18)38-27(34-23)22-13-33-26(37-22)19-11-20(14-35)25(30)32-12-19/h2-13,35-36H,14-16,31H2,1H3,(H2,30,32)/t28-,29+. The quantitative estimate of drug-likeness (QED) is 0.225. The van der Waals surface area contributed by atoms with E-state index in [9.17, 15) is 10.2 Å². The van der Waals surface area contributed by atoms with Crippen molar-refractivity contribution in [1.29, 1.82) is 0 Å². The van der Waals surface area contributed by atoms with Gasteiger partial charge in [-0.25, -0.2) is 15.0 Å². The van der Waals surface area contributed by atoms with Crippen LogP contribution in [0.4, 0.5) is 5.82 Å². The lowest BCUT2D eigenvalue weighted by atomic mass is 9.63. The lowest BCUT2D eigenvalue weighted by molar-refractivity contribution is -0.0738. The summed E-state index contributed by atoms with van der Waals surface area (Å²) in [4.78, 5) is 15.9. The predicted molar refractivity (Wildman–Crippen MR) is 153 cm³/mol. The first-order valence-corrected chi connectivity index (χ1v) is 13.9. The third-order valence-electron chi connectivity index (χ3n) is 6.92. The number of nitrogen functional groups attached to an aromatic ring is 1. The molecule has 1 aliphatic rings. The van der Waals surface area contributed by atoms with Crippen LogP contribution in [0.3, 0.4) is 0 Å². The summed E-state index contributed by atoms with van der Waals surface area (Å²) in [5, 5.41) is 21.4. The smallest absolute Gasteiger partial charge is 0.136 e. The molecule has 0 atom stereocenters. The highest BCUT2D eigenvalue weighted by molar-refractivity contribution is 7.25. The van der Waals surface area contributed by atoms with E-state index in [0.29, 0.717) is 24.2 Å². The molecular weight excluding hydrogens is 514 g/mol. The number of pyridine rings is 1. The second-order valence-corrected chi connectivity index (χ2v) is 12.1. The molecule has 0 aliphatic heterocycles. The van der Waals surface area contributed by atoms with Crippen molar-refractivity contribution in [2.45, 2.75) is 37.5 Å². The number of nitrogens with zero attached hydrogens (tertiary/aromatic N) is 3. The van der Waals surface area contributed by atoms with Crippen molar-refractivity contribution in [2.75, 3.05) is 5.73 Å². The Balaban J connectivity index is 1.37. The Hall–Kier alpha value is -3.47. The summed E-state index contributed by atoms with van der Waals surface area (Å²) in [7, 11) is 0. The molecule has 6 N–H and O–H groups in total. The fourth-order valence-corrected chi connectivity index (χ4v) is 7.18. The number of nitrogens with two attached hydrogens (primary N) is 2. The molecule has 0 radical (unpaired) electrons. The molecule has 0 unspecified atom stereocenters. The predicted octanol–water partition coefficient (Wildman–Crippen LogP) is 5.44. The molecule has 6 rings (SSSR count). The average molecular weight is 542 g/mol. The third kappa shape index (κ3) is 4.53. The van der Waals surface area contributed by atoms with Gasteiger partial charge in [-0.3, -0.25) is 0 Å². The molecule has 3 aromatic heterocycles. The summed E-state index contributed by atoms with van der Waals surface area (Å²) in [6.45, 7) is 1.65. The maximum absolute atomic E-state index is 10.2. The van der Waals surface area contributed by atoms with Gasteiger partial charge < -0.3 is 21.7 Å². The normalized spacial score (nSPS) is 20.8. The van der Waals surface area contributed by atoms with Crippen molar-refractivity contribution >= 4 is 28.5 Å². The fourth-order valence-electron chi connectivity index (χ4n) is 5.15. The first-order valence-electron chi connectivity index (χ1n) is 12.2. The van der Waals surface area contributed by atoms with Crippen LogP contribution in [0.1, 0.15) is 30.9 Å². The monoisotopic (exact) mass is 541 g/mol. The maximum atomic E-state index is 10.2. The number of anilines is 1. The Labute approximate surface area is 228 Å². The van der Waals surface area contributed by atoms with Gasteiger partial charge in [0.25, 0.3) is 0 Å². The number of benzene rings is 2. The molecule has 192 valence electrons. The molecule has 1 fully saturated rings. The Morgan fingerprint density at radius 1 is 0.895 bits per heavy atom. The van der Waals surface area contributed by atoms with Crippen LogP contribution in [0.25, 0.3) is 42.2 Å². The van der Waals surface area contributed by atoms with Crippen LogP contribution >= 0.6 is 22.7 Å². The minimum absolute atomic E-state index is 0.176. The van der Waals surface area contributed by atoms with Crippen LogP contribution in [-0.4, -0.2) is 30.8 Å². The van der Waals surface area contributed by atoms with Crippen LogP contribution in [0, 0.1) is 0 Å². The molecule has 7 nitrogen and oxygen atoms in total. The molecule has 1 saturated carbocycles. The maximum Gasteiger partial charge on any atom is 0.136 e. The van der Waals surface area contributed by atoms with Gasteiger partial charge in [0.1, 0.15) is 15.8 Å². The minimum atomic E-state index is -0.701. The molecule has 1 aliphatic carbocycles. The van der Waals surface area contributed by atoms with E-state index in [1.165, 1.54) is 11.3 Å². The van der Waals surface area contributed by atoms with E-state index in [2.05, 4.69) is 46.4 Å². The largest absolute Gasteiger partial charge is 0.392 e. The number of aliphatic hydroxyl groups is 2. The van der Waals surface area contributed by atoms with E-state index >= 15 is 0 Å². The molecule has 5 aromatic rings. The van der Waals surface area contributed by atoms with Crippen LogP contribution in [0.15, 0.2) is 73.1 Å². The summed E-state index contributed by atoms with van der Waals surface area (Å²) >= 11 is 3.16. The molecule has 3 heterocycles. The zero-order valence-corrected chi connectivity index (χ0v) is 22.4. The van der Waals surface area contributed by atoms with Crippen LogP contribution in [0.5, 0.6) is 0 Å². The van der Waals surface area contributed by atoms with E-state index < -0.39 is 11.1 Å². The van der Waals surface area contributed by atoms with Crippen molar-refractivity contribution in [1.82, 2.24) is 15.0 Å². The van der Waals surface area contributed by atoms with E-state index in [-0.39, 0.29) is 6.61 Å². The minimum Gasteiger partial charge on any atom is -0.392 e. The number of hydrogen-bond acceptors (Lipinski definition) is 9. The molecule has 0 amide bonds. The van der Waals surface area contributed by atoms with Gasteiger partial charge in [-0.15, -0.1) is 22.7 Å². The number of hydrogen-bond donors (Lipinski definition) is 4. The number of aliphatic hydroxyl groups excluding tert-OH is 1. The van der Waals surface area contributed by atoms with Crippen molar-refractivity contribution in [3.63, 3.8) is 0 Å². The summed E-state index contributed by atoms with van der Waals surface area (Å²) in [6, 6.07) is 20.3. The topological polar surface area (TPSA) is 131 Å². The summed E-state index contributed by atoms with van der Waals surface area (Å²) < 4.78 is 0. The van der Waals surface area contributed by atoms with Gasteiger partial charge >= 0.3 is 0 Å². The highest BCUT2D eigenvalue weighted by atomic mass is 32.1. The van der Waals surface area contributed by atoms with E-state index in [1.807, 2.05) is 37.4 Å². The second-order valence-electron chi connectivity index (χ2n) is 10.1. The third-order valence-corrected chi connectivity index (χ3v) is 9.24. The first kappa shape index (κ1) is 24.8. The Bertz CT molecular complexity index is 1600. The lowest BCUT2D eigenvalue weighted by Crippen LogP contribution is -2.58. The molecule has 2 aromatic carbocycles. The van der Waals surface area contributed by atoms with Crippen molar-refractivity contribution in [2.24, 2.45) is 5.73 Å². The van der Waals surface area contributed by atoms with E-state index in [1.54, 1.807) is 17.5 Å². The second kappa shape index (κ2) is 9.37. The fraction of sp³-hybridized carbons (Fsp3) is 0.207. The molecule has 38 heavy (non-hydrogen) atoms. The SMILES string of the molecule is C[C@]1(O)C[C@](N)(c2ccc(-c3nc(-c4cnc(-c5cnc(N)c(CO)c5)s4)sc3-c3ccccc3)cc2)C1. The van der Waals surface area contributed by atoms with Crippen molar-refractivity contribution in [3.8, 4) is 42.2 Å².